The minimum absolute atomic E-state index is 0.152. The van der Waals surface area contributed by atoms with Gasteiger partial charge in [-0.25, -0.2) is 0 Å². The number of hydrogen-bond donors (Lipinski definition) is 0. The molecule has 0 aliphatic heterocycles. The first-order valence-electron chi connectivity index (χ1n) is 5.41. The van der Waals surface area contributed by atoms with Crippen LogP contribution in [0.15, 0.2) is 30.3 Å². The Morgan fingerprint density at radius 1 is 1.28 bits per heavy atom. The Labute approximate surface area is 106 Å². The lowest BCUT2D eigenvalue weighted by molar-refractivity contribution is -0.159. The number of carbonyl (C=O) groups is 2. The third-order valence-electron chi connectivity index (χ3n) is 2.35. The lowest BCUT2D eigenvalue weighted by Gasteiger charge is -2.12. The Morgan fingerprint density at radius 2 is 1.94 bits per heavy atom. The molecule has 0 bridgehead atoms. The Bertz CT molecular complexity index is 445. The highest BCUT2D eigenvalue weighted by molar-refractivity contribution is 5.95. The second kappa shape index (κ2) is 7.13. The van der Waals surface area contributed by atoms with Gasteiger partial charge in [0.25, 0.3) is 0 Å². The van der Waals surface area contributed by atoms with Crippen molar-refractivity contribution >= 4 is 11.9 Å². The second-order valence-electron chi connectivity index (χ2n) is 3.58. The fraction of sp³-hybridized carbons (Fsp3) is 0.286. The van der Waals surface area contributed by atoms with Gasteiger partial charge in [0, 0.05) is 0 Å². The number of rotatable bonds is 5. The van der Waals surface area contributed by atoms with Crippen molar-refractivity contribution in [3.05, 3.63) is 35.9 Å². The van der Waals surface area contributed by atoms with Gasteiger partial charge in [-0.3, -0.25) is 9.59 Å². The van der Waals surface area contributed by atoms with Gasteiger partial charge in [-0.15, -0.1) is 6.42 Å². The second-order valence-corrected chi connectivity index (χ2v) is 3.58. The van der Waals surface area contributed by atoms with Gasteiger partial charge in [0.05, 0.1) is 7.11 Å². The summed E-state index contributed by atoms with van der Waals surface area (Å²) in [4.78, 5) is 23.2. The van der Waals surface area contributed by atoms with E-state index in [1.54, 1.807) is 0 Å². The van der Waals surface area contributed by atoms with Crippen LogP contribution < -0.4 is 0 Å². The summed E-state index contributed by atoms with van der Waals surface area (Å²) in [6, 6.07) is 9.16. The zero-order valence-corrected chi connectivity index (χ0v) is 10.1. The van der Waals surface area contributed by atoms with E-state index in [9.17, 15) is 9.59 Å². The van der Waals surface area contributed by atoms with E-state index in [1.165, 1.54) is 7.11 Å². The molecule has 18 heavy (non-hydrogen) atoms. The molecule has 0 saturated carbocycles. The van der Waals surface area contributed by atoms with Crippen LogP contribution in [-0.4, -0.2) is 25.7 Å². The highest BCUT2D eigenvalue weighted by Crippen LogP contribution is 2.12. The molecule has 94 valence electrons. The molecule has 0 amide bonds. The maximum absolute atomic E-state index is 11.7. The predicted octanol–water partition coefficient (Wildman–Crippen LogP) is 1.19. The number of benzene rings is 1. The van der Waals surface area contributed by atoms with Crippen LogP contribution in [0.5, 0.6) is 0 Å². The molecule has 0 spiro atoms. The van der Waals surface area contributed by atoms with Crippen molar-refractivity contribution in [2.24, 2.45) is 5.92 Å². The summed E-state index contributed by atoms with van der Waals surface area (Å²) >= 11 is 0. The summed E-state index contributed by atoms with van der Waals surface area (Å²) in [6.45, 7) is -0.152. The zero-order valence-electron chi connectivity index (χ0n) is 10.1. The van der Waals surface area contributed by atoms with Crippen molar-refractivity contribution in [2.75, 3.05) is 13.7 Å². The average Bonchev–Trinajstić information content (AvgIpc) is 2.42. The van der Waals surface area contributed by atoms with Gasteiger partial charge in [0.1, 0.15) is 0 Å². The number of hydrogen-bond acceptors (Lipinski definition) is 4. The predicted molar refractivity (Wildman–Crippen MR) is 65.4 cm³/mol. The highest BCUT2D eigenvalue weighted by atomic mass is 16.5. The fourth-order valence-corrected chi connectivity index (χ4v) is 1.47. The number of terminal acetylenes is 1. The van der Waals surface area contributed by atoms with Crippen LogP contribution in [0.3, 0.4) is 0 Å². The van der Waals surface area contributed by atoms with Crippen molar-refractivity contribution in [2.45, 2.75) is 6.42 Å². The van der Waals surface area contributed by atoms with Gasteiger partial charge in [-0.2, -0.15) is 0 Å². The van der Waals surface area contributed by atoms with Crippen molar-refractivity contribution in [1.82, 2.24) is 0 Å². The molecule has 1 rings (SSSR count). The van der Waals surface area contributed by atoms with E-state index in [-0.39, 0.29) is 13.0 Å². The Morgan fingerprint density at radius 3 is 2.50 bits per heavy atom. The van der Waals surface area contributed by atoms with Gasteiger partial charge in [0.15, 0.2) is 12.5 Å². The standard InChI is InChI=1S/C14H14O4/c1-3-9-18-14(16)12(13(15)17-2)10-11-7-5-4-6-8-11/h1,4-8,12H,9-10H2,2H3. The van der Waals surface area contributed by atoms with E-state index >= 15 is 0 Å². The lowest BCUT2D eigenvalue weighted by Crippen LogP contribution is -2.29. The minimum atomic E-state index is -0.981. The van der Waals surface area contributed by atoms with Crippen LogP contribution in [0.25, 0.3) is 0 Å². The molecule has 1 unspecified atom stereocenters. The molecule has 0 aliphatic rings. The van der Waals surface area contributed by atoms with Crippen LogP contribution in [0.4, 0.5) is 0 Å². The first-order chi connectivity index (χ1) is 8.69. The molecule has 0 heterocycles. The minimum Gasteiger partial charge on any atom is -0.468 e. The summed E-state index contributed by atoms with van der Waals surface area (Å²) < 4.78 is 9.37. The van der Waals surface area contributed by atoms with Crippen molar-refractivity contribution in [3.63, 3.8) is 0 Å². The van der Waals surface area contributed by atoms with Crippen molar-refractivity contribution in [1.29, 1.82) is 0 Å². The highest BCUT2D eigenvalue weighted by Gasteiger charge is 2.29. The quantitative estimate of drug-likeness (QED) is 0.445. The van der Waals surface area contributed by atoms with Crippen molar-refractivity contribution in [3.8, 4) is 12.3 Å². The van der Waals surface area contributed by atoms with Gasteiger partial charge in [-0.05, 0) is 12.0 Å². The van der Waals surface area contributed by atoms with E-state index in [0.29, 0.717) is 0 Å². The van der Waals surface area contributed by atoms with Crippen LogP contribution >= 0.6 is 0 Å². The van der Waals surface area contributed by atoms with E-state index < -0.39 is 17.9 Å². The molecular weight excluding hydrogens is 232 g/mol. The van der Waals surface area contributed by atoms with E-state index in [2.05, 4.69) is 10.7 Å². The van der Waals surface area contributed by atoms with E-state index in [0.717, 1.165) is 5.56 Å². The molecule has 4 heteroatoms. The number of ether oxygens (including phenoxy) is 2. The van der Waals surface area contributed by atoms with Crippen LogP contribution in [0, 0.1) is 18.3 Å². The number of methoxy groups -OCH3 is 1. The monoisotopic (exact) mass is 246 g/mol. The van der Waals surface area contributed by atoms with Crippen molar-refractivity contribution < 1.29 is 19.1 Å². The largest absolute Gasteiger partial charge is 0.468 e. The molecule has 0 aliphatic carbocycles. The zero-order chi connectivity index (χ0) is 13.4. The lowest BCUT2D eigenvalue weighted by atomic mass is 9.99. The molecule has 0 N–H and O–H groups in total. The Kier molecular flexibility index (Phi) is 5.46. The van der Waals surface area contributed by atoms with E-state index in [4.69, 9.17) is 11.2 Å². The molecule has 1 aromatic rings. The molecule has 0 fully saturated rings. The van der Waals surface area contributed by atoms with Crippen LogP contribution in [-0.2, 0) is 25.5 Å². The maximum Gasteiger partial charge on any atom is 0.321 e. The molecule has 0 aromatic heterocycles. The van der Waals surface area contributed by atoms with Gasteiger partial charge >= 0.3 is 11.9 Å². The topological polar surface area (TPSA) is 52.6 Å². The number of esters is 2. The molecular formula is C14H14O4. The first kappa shape index (κ1) is 13.8. The van der Waals surface area contributed by atoms with Gasteiger partial charge in [-0.1, -0.05) is 36.3 Å². The summed E-state index contributed by atoms with van der Waals surface area (Å²) in [5, 5.41) is 0. The molecule has 0 radical (unpaired) electrons. The average molecular weight is 246 g/mol. The smallest absolute Gasteiger partial charge is 0.321 e. The van der Waals surface area contributed by atoms with Crippen LogP contribution in [0.2, 0.25) is 0 Å². The Balaban J connectivity index is 2.76. The molecule has 1 aromatic carbocycles. The Hall–Kier alpha value is -2.28. The summed E-state index contributed by atoms with van der Waals surface area (Å²) in [6.07, 6.45) is 5.23. The molecule has 1 atom stereocenters. The maximum atomic E-state index is 11.7. The van der Waals surface area contributed by atoms with E-state index in [1.807, 2.05) is 30.3 Å². The number of carbonyl (C=O) groups excluding carboxylic acids is 2. The summed E-state index contributed by atoms with van der Waals surface area (Å²) in [7, 11) is 1.23. The third-order valence-corrected chi connectivity index (χ3v) is 2.35. The van der Waals surface area contributed by atoms with Crippen LogP contribution in [0.1, 0.15) is 5.56 Å². The fourth-order valence-electron chi connectivity index (χ4n) is 1.47. The SMILES string of the molecule is C#CCOC(=O)C(Cc1ccccc1)C(=O)OC. The summed E-state index contributed by atoms with van der Waals surface area (Å²) in [5.74, 6) is -0.0892. The molecule has 4 nitrogen and oxygen atoms in total. The van der Waals surface area contributed by atoms with Gasteiger partial charge < -0.3 is 9.47 Å². The third kappa shape index (κ3) is 3.95. The first-order valence-corrected chi connectivity index (χ1v) is 5.41. The summed E-state index contributed by atoms with van der Waals surface area (Å²) in [5.41, 5.74) is 0.852. The molecule has 0 saturated heterocycles. The van der Waals surface area contributed by atoms with Gasteiger partial charge in [0.2, 0.25) is 0 Å². The normalized spacial score (nSPS) is 11.1.